The van der Waals surface area contributed by atoms with Gasteiger partial charge in [-0.3, -0.25) is 0 Å². The predicted octanol–water partition coefficient (Wildman–Crippen LogP) is 3.15. The Bertz CT molecular complexity index is 283. The second-order valence-corrected chi connectivity index (χ2v) is 5.07. The summed E-state index contributed by atoms with van der Waals surface area (Å²) in [6.45, 7) is 2.22. The zero-order valence-corrected chi connectivity index (χ0v) is 9.41. The van der Waals surface area contributed by atoms with Gasteiger partial charge in [-0.25, -0.2) is 0 Å². The first kappa shape index (κ1) is 10.7. The molecule has 1 N–H and O–H groups in total. The van der Waals surface area contributed by atoms with Gasteiger partial charge in [0.25, 0.3) is 0 Å². The second-order valence-electron chi connectivity index (χ2n) is 5.07. The van der Waals surface area contributed by atoms with Crippen LogP contribution in [-0.4, -0.2) is 11.2 Å². The van der Waals surface area contributed by atoms with Crippen LogP contribution in [0.5, 0.6) is 0 Å². The number of aliphatic hydroxyl groups excluding tert-OH is 1. The summed E-state index contributed by atoms with van der Waals surface area (Å²) in [7, 11) is 0. The molecule has 1 saturated carbocycles. The Kier molecular flexibility index (Phi) is 3.15. The first-order chi connectivity index (χ1) is 7.21. The molecule has 0 aromatic carbocycles. The quantitative estimate of drug-likeness (QED) is 0.827. The highest BCUT2D eigenvalue weighted by molar-refractivity contribution is 5.08. The van der Waals surface area contributed by atoms with E-state index in [2.05, 4.69) is 6.92 Å². The van der Waals surface area contributed by atoms with Crippen molar-refractivity contribution in [2.45, 2.75) is 51.6 Å². The van der Waals surface area contributed by atoms with Crippen LogP contribution in [0.15, 0.2) is 23.0 Å². The first-order valence-electron chi connectivity index (χ1n) is 5.90. The highest BCUT2D eigenvalue weighted by Crippen LogP contribution is 2.39. The van der Waals surface area contributed by atoms with Crippen LogP contribution in [0.4, 0.5) is 0 Å². The van der Waals surface area contributed by atoms with Crippen LogP contribution in [0, 0.1) is 5.41 Å². The summed E-state index contributed by atoms with van der Waals surface area (Å²) in [5, 5.41) is 10.3. The Labute approximate surface area is 91.3 Å². The average molecular weight is 208 g/mol. The van der Waals surface area contributed by atoms with E-state index in [0.717, 1.165) is 24.8 Å². The van der Waals surface area contributed by atoms with Gasteiger partial charge in [0.1, 0.15) is 0 Å². The van der Waals surface area contributed by atoms with Crippen molar-refractivity contribution < 1.29 is 9.52 Å². The highest BCUT2D eigenvalue weighted by atomic mass is 16.3. The van der Waals surface area contributed by atoms with E-state index in [1.165, 1.54) is 19.3 Å². The van der Waals surface area contributed by atoms with E-state index in [1.807, 2.05) is 6.07 Å². The maximum Gasteiger partial charge on any atom is 0.0935 e. The Morgan fingerprint density at radius 2 is 2.13 bits per heavy atom. The van der Waals surface area contributed by atoms with Crippen LogP contribution in [0.1, 0.15) is 44.6 Å². The normalized spacial score (nSPS) is 22.5. The van der Waals surface area contributed by atoms with Gasteiger partial charge in [-0.05, 0) is 29.9 Å². The summed E-state index contributed by atoms with van der Waals surface area (Å²) in [4.78, 5) is 0. The van der Waals surface area contributed by atoms with Gasteiger partial charge in [0.15, 0.2) is 0 Å². The molecule has 1 aromatic rings. The molecule has 1 aromatic heterocycles. The molecule has 1 aliphatic carbocycles. The maximum atomic E-state index is 10.3. The summed E-state index contributed by atoms with van der Waals surface area (Å²) in [6, 6.07) is 1.94. The minimum absolute atomic E-state index is 0.121. The molecule has 1 heterocycles. The van der Waals surface area contributed by atoms with Gasteiger partial charge in [-0.1, -0.05) is 26.2 Å². The molecule has 0 amide bonds. The van der Waals surface area contributed by atoms with Crippen molar-refractivity contribution in [1.29, 1.82) is 0 Å². The van der Waals surface area contributed by atoms with Crippen molar-refractivity contribution in [3.05, 3.63) is 24.2 Å². The van der Waals surface area contributed by atoms with Gasteiger partial charge < -0.3 is 9.52 Å². The van der Waals surface area contributed by atoms with Crippen LogP contribution in [0.2, 0.25) is 0 Å². The van der Waals surface area contributed by atoms with Crippen molar-refractivity contribution in [3.63, 3.8) is 0 Å². The molecule has 1 atom stereocenters. The van der Waals surface area contributed by atoms with Crippen LogP contribution >= 0.6 is 0 Å². The first-order valence-corrected chi connectivity index (χ1v) is 5.90. The van der Waals surface area contributed by atoms with E-state index >= 15 is 0 Å². The van der Waals surface area contributed by atoms with Crippen molar-refractivity contribution in [2.75, 3.05) is 0 Å². The minimum Gasteiger partial charge on any atom is -0.472 e. The van der Waals surface area contributed by atoms with Gasteiger partial charge in [0, 0.05) is 6.42 Å². The molecule has 0 spiro atoms. The lowest BCUT2D eigenvalue weighted by atomic mass is 9.70. The molecule has 1 unspecified atom stereocenters. The lowest BCUT2D eigenvalue weighted by Crippen LogP contribution is -2.35. The van der Waals surface area contributed by atoms with E-state index in [1.54, 1.807) is 12.5 Å². The number of hydrogen-bond acceptors (Lipinski definition) is 2. The summed E-state index contributed by atoms with van der Waals surface area (Å²) in [5.41, 5.74) is 1.23. The smallest absolute Gasteiger partial charge is 0.0935 e. The molecule has 0 bridgehead atoms. The molecule has 2 nitrogen and oxygen atoms in total. The summed E-state index contributed by atoms with van der Waals surface area (Å²) in [6.07, 6.45) is 10.1. The zero-order chi connectivity index (χ0) is 10.7. The van der Waals surface area contributed by atoms with E-state index in [9.17, 15) is 5.11 Å². The van der Waals surface area contributed by atoms with Crippen LogP contribution < -0.4 is 0 Å². The Balaban J connectivity index is 1.97. The van der Waals surface area contributed by atoms with Gasteiger partial charge in [-0.2, -0.15) is 0 Å². The third-order valence-corrected chi connectivity index (χ3v) is 3.81. The fourth-order valence-corrected chi connectivity index (χ4v) is 2.57. The zero-order valence-electron chi connectivity index (χ0n) is 9.41. The monoisotopic (exact) mass is 208 g/mol. The van der Waals surface area contributed by atoms with E-state index in [-0.39, 0.29) is 11.5 Å². The molecule has 1 aliphatic rings. The topological polar surface area (TPSA) is 33.4 Å². The van der Waals surface area contributed by atoms with Crippen LogP contribution in [0.25, 0.3) is 0 Å². The van der Waals surface area contributed by atoms with Gasteiger partial charge in [-0.15, -0.1) is 0 Å². The number of hydrogen-bond donors (Lipinski definition) is 1. The predicted molar refractivity (Wildman–Crippen MR) is 59.6 cm³/mol. The molecule has 0 aliphatic heterocycles. The molecule has 15 heavy (non-hydrogen) atoms. The molecule has 0 saturated heterocycles. The van der Waals surface area contributed by atoms with E-state index < -0.39 is 0 Å². The van der Waals surface area contributed by atoms with Crippen molar-refractivity contribution in [3.8, 4) is 0 Å². The Hall–Kier alpha value is -0.760. The van der Waals surface area contributed by atoms with Gasteiger partial charge in [0.2, 0.25) is 0 Å². The van der Waals surface area contributed by atoms with Gasteiger partial charge in [0.05, 0.1) is 18.6 Å². The standard InChI is InChI=1S/C13H20O2/c1-13(6-3-2-4-7-13)12(14)9-11-5-8-15-10-11/h5,8,10,12,14H,2-4,6-7,9H2,1H3. The fourth-order valence-electron chi connectivity index (χ4n) is 2.57. The average Bonchev–Trinajstić information content (AvgIpc) is 2.71. The molecular formula is C13H20O2. The number of aliphatic hydroxyl groups is 1. The third kappa shape index (κ3) is 2.43. The van der Waals surface area contributed by atoms with Gasteiger partial charge >= 0.3 is 0 Å². The van der Waals surface area contributed by atoms with Crippen molar-refractivity contribution in [1.82, 2.24) is 0 Å². The Morgan fingerprint density at radius 1 is 1.40 bits per heavy atom. The second kappa shape index (κ2) is 4.40. The minimum atomic E-state index is -0.226. The molecule has 2 heteroatoms. The van der Waals surface area contributed by atoms with Crippen LogP contribution in [-0.2, 0) is 6.42 Å². The summed E-state index contributed by atoms with van der Waals surface area (Å²) in [5.74, 6) is 0. The SMILES string of the molecule is CC1(C(O)Cc2ccoc2)CCCCC1. The highest BCUT2D eigenvalue weighted by Gasteiger charge is 2.34. The van der Waals surface area contributed by atoms with Crippen molar-refractivity contribution >= 4 is 0 Å². The molecule has 0 radical (unpaired) electrons. The number of rotatable bonds is 3. The summed E-state index contributed by atoms with van der Waals surface area (Å²) >= 11 is 0. The fraction of sp³-hybridized carbons (Fsp3) is 0.692. The maximum absolute atomic E-state index is 10.3. The third-order valence-electron chi connectivity index (χ3n) is 3.81. The molecular weight excluding hydrogens is 188 g/mol. The van der Waals surface area contributed by atoms with Crippen LogP contribution in [0.3, 0.4) is 0 Å². The van der Waals surface area contributed by atoms with E-state index in [4.69, 9.17) is 4.42 Å². The molecule has 1 fully saturated rings. The number of furan rings is 1. The Morgan fingerprint density at radius 3 is 2.73 bits per heavy atom. The lowest BCUT2D eigenvalue weighted by Gasteiger charge is -2.37. The largest absolute Gasteiger partial charge is 0.472 e. The molecule has 2 rings (SSSR count). The van der Waals surface area contributed by atoms with E-state index in [0.29, 0.717) is 0 Å². The molecule has 84 valence electrons. The summed E-state index contributed by atoms with van der Waals surface area (Å²) < 4.78 is 5.02. The van der Waals surface area contributed by atoms with Crippen molar-refractivity contribution in [2.24, 2.45) is 5.41 Å². The lowest BCUT2D eigenvalue weighted by molar-refractivity contribution is 0.0103.